The molecular formula is C37H54O16. The first-order chi connectivity index (χ1) is 25.3. The highest BCUT2D eigenvalue weighted by molar-refractivity contribution is 5.89. The summed E-state index contributed by atoms with van der Waals surface area (Å²) in [6.07, 6.45) is -13.2. The Morgan fingerprint density at radius 2 is 1.53 bits per heavy atom. The van der Waals surface area contributed by atoms with Crippen LogP contribution in [-0.2, 0) is 42.7 Å². The minimum Gasteiger partial charge on any atom is -0.479 e. The van der Waals surface area contributed by atoms with Gasteiger partial charge in [0, 0.05) is 0 Å². The number of aliphatic hydroxyl groups excluding tert-OH is 5. The van der Waals surface area contributed by atoms with Crippen LogP contribution in [0.4, 0.5) is 0 Å². The molecule has 298 valence electrons. The van der Waals surface area contributed by atoms with Gasteiger partial charge in [-0.05, 0) is 50.2 Å². The van der Waals surface area contributed by atoms with Gasteiger partial charge in [-0.3, -0.25) is 4.79 Å². The second-order valence-corrected chi connectivity index (χ2v) is 14.7. The van der Waals surface area contributed by atoms with Crippen molar-refractivity contribution in [3.63, 3.8) is 0 Å². The van der Waals surface area contributed by atoms with Gasteiger partial charge in [0.2, 0.25) is 0 Å². The van der Waals surface area contributed by atoms with E-state index in [4.69, 9.17) is 33.2 Å². The van der Waals surface area contributed by atoms with Crippen LogP contribution in [-0.4, -0.2) is 142 Å². The lowest BCUT2D eigenvalue weighted by Crippen LogP contribution is -2.64. The number of carbonyl (C=O) groups is 3. The Labute approximate surface area is 308 Å². The number of aliphatic hydroxyl groups is 5. The van der Waals surface area contributed by atoms with E-state index >= 15 is 0 Å². The molecular weight excluding hydrogens is 700 g/mol. The van der Waals surface area contributed by atoms with E-state index in [1.165, 1.54) is 26.2 Å². The van der Waals surface area contributed by atoms with Crippen molar-refractivity contribution in [2.75, 3.05) is 13.7 Å². The van der Waals surface area contributed by atoms with Crippen LogP contribution in [0.1, 0.15) is 75.6 Å². The maximum absolute atomic E-state index is 13.6. The summed E-state index contributed by atoms with van der Waals surface area (Å²) >= 11 is 0. The van der Waals surface area contributed by atoms with Gasteiger partial charge in [-0.2, -0.15) is 0 Å². The standard InChI is InChI=1S/C37H54O16/c1-18-14-22(34(45)47-3)16-23(30(18)53-36-29(42)28(41)26(39)19(2)48-36)50-37-32(52-35(46)21-12-8-5-9-13-21)31(27(40)25(17-38)51-37)49-24(33(43)44)15-20-10-6-4-7-11-20/h5,8-9,12-13,18-20,22-32,36-42H,4,6-7,10-11,14-17H2,1-3H3,(H,43,44)/t18?,19?,22?,23-,24+,25?,26-,27+,28?,29?,30?,31?,32?,36+,37-/m1/s1. The van der Waals surface area contributed by atoms with E-state index in [0.29, 0.717) is 0 Å². The molecule has 0 amide bonds. The second-order valence-electron chi connectivity index (χ2n) is 14.7. The van der Waals surface area contributed by atoms with Crippen LogP contribution in [0.2, 0.25) is 0 Å². The zero-order valence-corrected chi connectivity index (χ0v) is 30.3. The molecule has 16 heteroatoms. The highest BCUT2D eigenvalue weighted by Gasteiger charge is 2.54. The number of hydrogen-bond acceptors (Lipinski definition) is 15. The predicted molar refractivity (Wildman–Crippen MR) is 181 cm³/mol. The van der Waals surface area contributed by atoms with E-state index in [1.807, 2.05) is 0 Å². The summed E-state index contributed by atoms with van der Waals surface area (Å²) in [5.74, 6) is -3.77. The molecule has 16 nitrogen and oxygen atoms in total. The summed E-state index contributed by atoms with van der Waals surface area (Å²) in [5.41, 5.74) is 0.136. The van der Waals surface area contributed by atoms with E-state index in [0.717, 1.165) is 32.1 Å². The monoisotopic (exact) mass is 754 g/mol. The minimum absolute atomic E-state index is 0.0261. The zero-order chi connectivity index (χ0) is 38.4. The molecule has 9 unspecified atom stereocenters. The molecule has 1 aromatic rings. The van der Waals surface area contributed by atoms with Crippen molar-refractivity contribution in [3.05, 3.63) is 35.9 Å². The van der Waals surface area contributed by atoms with E-state index < -0.39 is 116 Å². The lowest BCUT2D eigenvalue weighted by molar-refractivity contribution is -0.349. The molecule has 0 radical (unpaired) electrons. The van der Waals surface area contributed by atoms with Gasteiger partial charge in [0.15, 0.2) is 24.8 Å². The van der Waals surface area contributed by atoms with Gasteiger partial charge >= 0.3 is 17.9 Å². The molecule has 0 aromatic heterocycles. The number of aliphatic carboxylic acids is 1. The van der Waals surface area contributed by atoms with Crippen molar-refractivity contribution in [3.8, 4) is 0 Å². The third kappa shape index (κ3) is 9.92. The molecule has 0 spiro atoms. The predicted octanol–water partition coefficient (Wildman–Crippen LogP) is 0.916. The first-order valence-corrected chi connectivity index (χ1v) is 18.5. The van der Waals surface area contributed by atoms with Crippen LogP contribution in [0.15, 0.2) is 30.3 Å². The average Bonchev–Trinajstić information content (AvgIpc) is 3.16. The van der Waals surface area contributed by atoms with Crippen molar-refractivity contribution < 1.29 is 78.2 Å². The highest BCUT2D eigenvalue weighted by atomic mass is 16.7. The molecule has 2 aliphatic carbocycles. The van der Waals surface area contributed by atoms with Crippen LogP contribution in [0.3, 0.4) is 0 Å². The summed E-state index contributed by atoms with van der Waals surface area (Å²) in [4.78, 5) is 39.0. The molecule has 1 aromatic carbocycles. The van der Waals surface area contributed by atoms with E-state index in [2.05, 4.69) is 0 Å². The van der Waals surface area contributed by atoms with Crippen molar-refractivity contribution >= 4 is 17.9 Å². The Morgan fingerprint density at radius 3 is 2.17 bits per heavy atom. The summed E-state index contributed by atoms with van der Waals surface area (Å²) in [6.45, 7) is 2.53. The topological polar surface area (TPSA) is 237 Å². The summed E-state index contributed by atoms with van der Waals surface area (Å²) < 4.78 is 41.6. The van der Waals surface area contributed by atoms with Crippen molar-refractivity contribution in [1.29, 1.82) is 0 Å². The third-order valence-corrected chi connectivity index (χ3v) is 11.0. The molecule has 4 aliphatic rings. The van der Waals surface area contributed by atoms with E-state index in [1.54, 1.807) is 25.1 Å². The number of methoxy groups -OCH3 is 1. The largest absolute Gasteiger partial charge is 0.479 e. The molecule has 2 aliphatic heterocycles. The lowest BCUT2D eigenvalue weighted by Gasteiger charge is -2.48. The Kier molecular flexibility index (Phi) is 14.6. The highest BCUT2D eigenvalue weighted by Crippen LogP contribution is 2.39. The fraction of sp³-hybridized carbons (Fsp3) is 0.757. The number of rotatable bonds is 13. The van der Waals surface area contributed by atoms with Gasteiger partial charge in [0.25, 0.3) is 0 Å². The van der Waals surface area contributed by atoms with Gasteiger partial charge in [-0.25, -0.2) is 9.59 Å². The summed E-state index contributed by atoms with van der Waals surface area (Å²) in [5, 5.41) is 63.5. The average molecular weight is 755 g/mol. The van der Waals surface area contributed by atoms with Crippen LogP contribution in [0.25, 0.3) is 0 Å². The Bertz CT molecular complexity index is 1340. The van der Waals surface area contributed by atoms with E-state index in [9.17, 15) is 45.0 Å². The number of carboxylic acids is 1. The molecule has 6 N–H and O–H groups in total. The molecule has 53 heavy (non-hydrogen) atoms. The van der Waals surface area contributed by atoms with Gasteiger partial charge in [-0.15, -0.1) is 0 Å². The maximum atomic E-state index is 13.6. The maximum Gasteiger partial charge on any atom is 0.338 e. The number of ether oxygens (including phenoxy) is 7. The SMILES string of the molecule is COC(=O)C1CC(C)C(O[C@@H]2OC(C)[C@@H](O)C(O)C2O)[C@H](O[C@@H]2OC(CO)[C@H](O)C(O[C@@H](CC3CCCCC3)C(=O)O)C2OC(=O)c2ccccc2)C1. The summed E-state index contributed by atoms with van der Waals surface area (Å²) in [7, 11) is 1.25. The molecule has 15 atom stereocenters. The molecule has 2 saturated heterocycles. The van der Waals surface area contributed by atoms with Crippen LogP contribution in [0, 0.1) is 17.8 Å². The second kappa shape index (κ2) is 18.7. The fourth-order valence-electron chi connectivity index (χ4n) is 7.95. The zero-order valence-electron chi connectivity index (χ0n) is 30.3. The van der Waals surface area contributed by atoms with Crippen molar-refractivity contribution in [1.82, 2.24) is 0 Å². The Morgan fingerprint density at radius 1 is 0.830 bits per heavy atom. The quantitative estimate of drug-likeness (QED) is 0.154. The first-order valence-electron chi connectivity index (χ1n) is 18.5. The van der Waals surface area contributed by atoms with Gasteiger partial charge in [-0.1, -0.05) is 57.2 Å². The van der Waals surface area contributed by atoms with Crippen LogP contribution in [0.5, 0.6) is 0 Å². The third-order valence-electron chi connectivity index (χ3n) is 11.0. The van der Waals surface area contributed by atoms with E-state index in [-0.39, 0.29) is 30.7 Å². The van der Waals surface area contributed by atoms with Gasteiger partial charge in [0.05, 0.1) is 43.5 Å². The number of benzene rings is 1. The fourth-order valence-corrected chi connectivity index (χ4v) is 7.95. The number of hydrogen-bond donors (Lipinski definition) is 6. The van der Waals surface area contributed by atoms with Gasteiger partial charge in [0.1, 0.15) is 36.6 Å². The van der Waals surface area contributed by atoms with Crippen LogP contribution < -0.4 is 0 Å². The number of carbonyl (C=O) groups excluding carboxylic acids is 2. The Balaban J connectivity index is 1.48. The first kappa shape index (κ1) is 41.4. The normalized spacial score (nSPS) is 38.8. The summed E-state index contributed by atoms with van der Waals surface area (Å²) in [6, 6.07) is 7.95. The van der Waals surface area contributed by atoms with Crippen molar-refractivity contribution in [2.45, 2.75) is 145 Å². The number of carboxylic acid groups (broad SMARTS) is 1. The molecule has 2 heterocycles. The van der Waals surface area contributed by atoms with Gasteiger partial charge < -0.3 is 63.8 Å². The van der Waals surface area contributed by atoms with Crippen LogP contribution >= 0.6 is 0 Å². The van der Waals surface area contributed by atoms with Crippen molar-refractivity contribution in [2.24, 2.45) is 17.8 Å². The molecule has 5 rings (SSSR count). The Hall–Kier alpha value is -2.77. The number of esters is 2. The molecule has 0 bridgehead atoms. The minimum atomic E-state index is -1.66. The lowest BCUT2D eigenvalue weighted by atomic mass is 9.78. The molecule has 4 fully saturated rings. The smallest absolute Gasteiger partial charge is 0.338 e. The molecule has 2 saturated carbocycles.